The van der Waals surface area contributed by atoms with Crippen LogP contribution in [-0.2, 0) is 0 Å². The average Bonchev–Trinajstić information content (AvgIpc) is 2.78. The standard InChI is InChI=1S/C22H23N3O5/c1-14(15-12-18(28-2)21(30-4)19(13-15)29-3)23-22(27)17-10-11-20(26)25(24-17)16-8-6-5-7-9-16/h5-14H,1-4H3,(H,23,27)/t14-/m0/s1. The summed E-state index contributed by atoms with van der Waals surface area (Å²) in [7, 11) is 4.58. The van der Waals surface area contributed by atoms with E-state index >= 15 is 0 Å². The van der Waals surface area contributed by atoms with Gasteiger partial charge in [0.2, 0.25) is 5.75 Å². The molecular weight excluding hydrogens is 386 g/mol. The van der Waals surface area contributed by atoms with Gasteiger partial charge < -0.3 is 19.5 Å². The zero-order valence-electron chi connectivity index (χ0n) is 17.2. The van der Waals surface area contributed by atoms with Crippen molar-refractivity contribution < 1.29 is 19.0 Å². The largest absolute Gasteiger partial charge is 0.493 e. The first-order valence-electron chi connectivity index (χ1n) is 9.25. The summed E-state index contributed by atoms with van der Waals surface area (Å²) in [6, 6.07) is 14.8. The van der Waals surface area contributed by atoms with Crippen molar-refractivity contribution in [3.8, 4) is 22.9 Å². The van der Waals surface area contributed by atoms with Crippen LogP contribution in [0, 0.1) is 0 Å². The molecule has 0 spiro atoms. The summed E-state index contributed by atoms with van der Waals surface area (Å²) >= 11 is 0. The van der Waals surface area contributed by atoms with E-state index in [0.717, 1.165) is 5.56 Å². The van der Waals surface area contributed by atoms with Crippen LogP contribution in [0.1, 0.15) is 29.0 Å². The zero-order valence-corrected chi connectivity index (χ0v) is 17.2. The Labute approximate surface area is 174 Å². The molecule has 0 bridgehead atoms. The third kappa shape index (κ3) is 4.27. The number of benzene rings is 2. The highest BCUT2D eigenvalue weighted by Gasteiger charge is 2.19. The van der Waals surface area contributed by atoms with Crippen LogP contribution >= 0.6 is 0 Å². The summed E-state index contributed by atoms with van der Waals surface area (Å²) in [5, 5.41) is 7.09. The minimum atomic E-state index is -0.416. The second-order valence-electron chi connectivity index (χ2n) is 6.46. The van der Waals surface area contributed by atoms with Crippen molar-refractivity contribution in [2.75, 3.05) is 21.3 Å². The molecule has 3 rings (SSSR count). The fourth-order valence-corrected chi connectivity index (χ4v) is 2.99. The first kappa shape index (κ1) is 20.9. The molecule has 1 aromatic heterocycles. The van der Waals surface area contributed by atoms with Crippen molar-refractivity contribution in [2.45, 2.75) is 13.0 Å². The number of ether oxygens (including phenoxy) is 3. The topological polar surface area (TPSA) is 91.7 Å². The lowest BCUT2D eigenvalue weighted by molar-refractivity contribution is 0.0933. The van der Waals surface area contributed by atoms with Crippen LogP contribution in [0.5, 0.6) is 17.2 Å². The van der Waals surface area contributed by atoms with Gasteiger partial charge in [0, 0.05) is 6.07 Å². The number of para-hydroxylation sites is 1. The van der Waals surface area contributed by atoms with Crippen LogP contribution in [0.15, 0.2) is 59.4 Å². The maximum atomic E-state index is 12.8. The number of carbonyl (C=O) groups excluding carboxylic acids is 1. The van der Waals surface area contributed by atoms with E-state index in [1.807, 2.05) is 13.0 Å². The van der Waals surface area contributed by atoms with E-state index in [0.29, 0.717) is 22.9 Å². The van der Waals surface area contributed by atoms with Gasteiger partial charge in [0.05, 0.1) is 33.1 Å². The van der Waals surface area contributed by atoms with Gasteiger partial charge in [0.25, 0.3) is 11.5 Å². The van der Waals surface area contributed by atoms with E-state index in [9.17, 15) is 9.59 Å². The molecule has 3 aromatic rings. The van der Waals surface area contributed by atoms with Gasteiger partial charge in [-0.15, -0.1) is 0 Å². The maximum Gasteiger partial charge on any atom is 0.272 e. The minimum absolute atomic E-state index is 0.123. The van der Waals surface area contributed by atoms with Gasteiger partial charge in [-0.25, -0.2) is 0 Å². The van der Waals surface area contributed by atoms with Gasteiger partial charge in [0.1, 0.15) is 5.69 Å². The van der Waals surface area contributed by atoms with Crippen LogP contribution in [0.4, 0.5) is 0 Å². The summed E-state index contributed by atoms with van der Waals surface area (Å²) < 4.78 is 17.3. The van der Waals surface area contributed by atoms with E-state index in [4.69, 9.17) is 14.2 Å². The predicted octanol–water partition coefficient (Wildman–Crippen LogP) is 2.75. The highest BCUT2D eigenvalue weighted by molar-refractivity contribution is 5.92. The minimum Gasteiger partial charge on any atom is -0.493 e. The van der Waals surface area contributed by atoms with Gasteiger partial charge in [-0.2, -0.15) is 9.78 Å². The molecule has 0 aliphatic heterocycles. The molecule has 1 atom stereocenters. The highest BCUT2D eigenvalue weighted by Crippen LogP contribution is 2.39. The SMILES string of the molecule is COc1cc([C@H](C)NC(=O)c2ccc(=O)n(-c3ccccc3)n2)cc(OC)c1OC. The first-order chi connectivity index (χ1) is 14.5. The molecule has 0 radical (unpaired) electrons. The summed E-state index contributed by atoms with van der Waals surface area (Å²) in [6.45, 7) is 1.83. The lowest BCUT2D eigenvalue weighted by Gasteiger charge is -2.18. The molecule has 0 saturated carbocycles. The molecule has 2 aromatic carbocycles. The Kier molecular flexibility index (Phi) is 6.36. The highest BCUT2D eigenvalue weighted by atomic mass is 16.5. The van der Waals surface area contributed by atoms with E-state index in [2.05, 4.69) is 10.4 Å². The van der Waals surface area contributed by atoms with E-state index in [-0.39, 0.29) is 17.3 Å². The molecule has 0 saturated heterocycles. The number of amides is 1. The van der Waals surface area contributed by atoms with E-state index in [1.54, 1.807) is 36.4 Å². The van der Waals surface area contributed by atoms with Crippen molar-refractivity contribution in [3.63, 3.8) is 0 Å². The molecule has 0 unspecified atom stereocenters. The Balaban J connectivity index is 1.87. The molecule has 1 heterocycles. The molecular formula is C22H23N3O5. The number of carbonyl (C=O) groups is 1. The van der Waals surface area contributed by atoms with Crippen LogP contribution in [-0.4, -0.2) is 37.0 Å². The fourth-order valence-electron chi connectivity index (χ4n) is 2.99. The Hall–Kier alpha value is -3.81. The van der Waals surface area contributed by atoms with Gasteiger partial charge in [-0.1, -0.05) is 18.2 Å². The van der Waals surface area contributed by atoms with Crippen molar-refractivity contribution >= 4 is 5.91 Å². The third-order valence-corrected chi connectivity index (χ3v) is 4.57. The quantitative estimate of drug-likeness (QED) is 0.645. The van der Waals surface area contributed by atoms with Crippen LogP contribution in [0.2, 0.25) is 0 Å². The van der Waals surface area contributed by atoms with Crippen LogP contribution in [0.25, 0.3) is 5.69 Å². The van der Waals surface area contributed by atoms with Gasteiger partial charge >= 0.3 is 0 Å². The normalized spacial score (nSPS) is 11.5. The Morgan fingerprint density at radius 2 is 1.60 bits per heavy atom. The Morgan fingerprint density at radius 3 is 2.17 bits per heavy atom. The summed E-state index contributed by atoms with van der Waals surface area (Å²) in [5.41, 5.74) is 1.14. The molecule has 0 aliphatic rings. The second kappa shape index (κ2) is 9.13. The lowest BCUT2D eigenvalue weighted by atomic mass is 10.1. The number of nitrogens with one attached hydrogen (secondary N) is 1. The van der Waals surface area contributed by atoms with E-state index < -0.39 is 5.91 Å². The Bertz CT molecular complexity index is 1070. The molecule has 1 N–H and O–H groups in total. The summed E-state index contributed by atoms with van der Waals surface area (Å²) in [4.78, 5) is 24.9. The molecule has 1 amide bonds. The maximum absolute atomic E-state index is 12.8. The van der Waals surface area contributed by atoms with Crippen molar-refractivity contribution in [3.05, 3.63) is 76.2 Å². The number of aromatic nitrogens is 2. The molecule has 8 nitrogen and oxygen atoms in total. The molecule has 0 aliphatic carbocycles. The third-order valence-electron chi connectivity index (χ3n) is 4.57. The number of methoxy groups -OCH3 is 3. The number of hydrogen-bond donors (Lipinski definition) is 1. The van der Waals surface area contributed by atoms with Gasteiger partial charge in [-0.05, 0) is 42.8 Å². The Morgan fingerprint density at radius 1 is 0.967 bits per heavy atom. The average molecular weight is 409 g/mol. The molecule has 0 fully saturated rings. The van der Waals surface area contributed by atoms with Crippen molar-refractivity contribution in [1.82, 2.24) is 15.1 Å². The van der Waals surface area contributed by atoms with Crippen molar-refractivity contribution in [2.24, 2.45) is 0 Å². The van der Waals surface area contributed by atoms with E-state index in [1.165, 1.54) is 38.1 Å². The monoisotopic (exact) mass is 409 g/mol. The zero-order chi connectivity index (χ0) is 21.7. The lowest BCUT2D eigenvalue weighted by Crippen LogP contribution is -2.30. The summed E-state index contributed by atoms with van der Waals surface area (Å²) in [6.07, 6.45) is 0. The molecule has 30 heavy (non-hydrogen) atoms. The van der Waals surface area contributed by atoms with Gasteiger partial charge in [-0.3, -0.25) is 9.59 Å². The van der Waals surface area contributed by atoms with Crippen molar-refractivity contribution in [1.29, 1.82) is 0 Å². The van der Waals surface area contributed by atoms with Crippen LogP contribution in [0.3, 0.4) is 0 Å². The smallest absolute Gasteiger partial charge is 0.272 e. The number of hydrogen-bond acceptors (Lipinski definition) is 6. The van der Waals surface area contributed by atoms with Crippen LogP contribution < -0.4 is 25.1 Å². The second-order valence-corrected chi connectivity index (χ2v) is 6.46. The summed E-state index contributed by atoms with van der Waals surface area (Å²) in [5.74, 6) is 1.03. The fraction of sp³-hybridized carbons (Fsp3) is 0.227. The molecule has 8 heteroatoms. The number of nitrogens with zero attached hydrogens (tertiary/aromatic N) is 2. The van der Waals surface area contributed by atoms with Gasteiger partial charge in [0.15, 0.2) is 11.5 Å². The molecule has 156 valence electrons. The number of rotatable bonds is 7. The predicted molar refractivity (Wildman–Crippen MR) is 112 cm³/mol. The first-order valence-corrected chi connectivity index (χ1v) is 9.25.